The van der Waals surface area contributed by atoms with Crippen LogP contribution in [0.2, 0.25) is 0 Å². The van der Waals surface area contributed by atoms with Gasteiger partial charge in [-0.3, -0.25) is 14.7 Å². The number of para-hydroxylation sites is 1. The van der Waals surface area contributed by atoms with Gasteiger partial charge in [-0.05, 0) is 12.1 Å². The van der Waals surface area contributed by atoms with Crippen molar-refractivity contribution in [1.82, 2.24) is 14.8 Å². The van der Waals surface area contributed by atoms with Crippen molar-refractivity contribution in [1.29, 1.82) is 0 Å². The Kier molecular flexibility index (Phi) is 2.45. The van der Waals surface area contributed by atoms with E-state index in [-0.39, 0.29) is 17.7 Å². The van der Waals surface area contributed by atoms with Gasteiger partial charge < -0.3 is 10.2 Å². The first-order chi connectivity index (χ1) is 9.13. The Labute approximate surface area is 106 Å². The molecular weight excluding hydrogens is 248 g/mol. The second-order valence-corrected chi connectivity index (χ2v) is 4.04. The smallest absolute Gasteiger partial charge is 0.265 e. The van der Waals surface area contributed by atoms with E-state index >= 15 is 0 Å². The lowest BCUT2D eigenvalue weighted by atomic mass is 10.3. The molecule has 7 nitrogen and oxygen atoms in total. The number of rotatable bonds is 2. The van der Waals surface area contributed by atoms with Gasteiger partial charge in [-0.25, -0.2) is 9.67 Å². The van der Waals surface area contributed by atoms with Gasteiger partial charge in [0.1, 0.15) is 12.1 Å². The number of nitrogen functional groups attached to an aromatic ring is 1. The molecule has 2 aromatic heterocycles. The number of nitrogens with one attached hydrogen (secondary N) is 1. The molecule has 0 radical (unpaired) electrons. The summed E-state index contributed by atoms with van der Waals surface area (Å²) in [5, 5.41) is 2.40. The molecule has 7 heteroatoms. The van der Waals surface area contributed by atoms with Crippen molar-refractivity contribution >= 4 is 16.8 Å². The second-order valence-electron chi connectivity index (χ2n) is 4.04. The van der Waals surface area contributed by atoms with Gasteiger partial charge in [0.05, 0.1) is 5.69 Å². The molecule has 3 aromatic rings. The number of benzene rings is 1. The number of oxazole rings is 1. The Morgan fingerprint density at radius 1 is 1.26 bits per heavy atom. The van der Waals surface area contributed by atoms with Crippen LogP contribution in [0.25, 0.3) is 11.1 Å². The van der Waals surface area contributed by atoms with E-state index in [0.717, 1.165) is 4.68 Å². The van der Waals surface area contributed by atoms with E-state index in [1.807, 2.05) is 0 Å². The van der Waals surface area contributed by atoms with E-state index in [2.05, 4.69) is 10.1 Å². The van der Waals surface area contributed by atoms with Crippen molar-refractivity contribution in [3.8, 4) is 0 Å². The van der Waals surface area contributed by atoms with E-state index < -0.39 is 0 Å². The number of aromatic nitrogens is 3. The van der Waals surface area contributed by atoms with E-state index in [0.29, 0.717) is 22.7 Å². The summed E-state index contributed by atoms with van der Waals surface area (Å²) >= 11 is 0. The standard InChI is InChI=1S/C12H10N4O3/c13-7-2-1-3-8-12(7)14-10(19-8)6-16-11(18)5-4-9(17)15-16/h1-5H,6,13H2,(H,15,17). The van der Waals surface area contributed by atoms with Gasteiger partial charge >= 0.3 is 0 Å². The molecule has 3 rings (SSSR count). The fourth-order valence-corrected chi connectivity index (χ4v) is 1.80. The van der Waals surface area contributed by atoms with Gasteiger partial charge in [-0.15, -0.1) is 0 Å². The normalized spacial score (nSPS) is 10.9. The highest BCUT2D eigenvalue weighted by molar-refractivity contribution is 5.85. The fourth-order valence-electron chi connectivity index (χ4n) is 1.80. The van der Waals surface area contributed by atoms with Crippen molar-refractivity contribution in [2.24, 2.45) is 0 Å². The third-order valence-corrected chi connectivity index (χ3v) is 2.68. The molecule has 0 saturated heterocycles. The first-order valence-corrected chi connectivity index (χ1v) is 5.57. The summed E-state index contributed by atoms with van der Waals surface area (Å²) < 4.78 is 6.60. The lowest BCUT2D eigenvalue weighted by Crippen LogP contribution is -2.28. The molecule has 2 heterocycles. The summed E-state index contributed by atoms with van der Waals surface area (Å²) in [7, 11) is 0. The van der Waals surface area contributed by atoms with Gasteiger partial charge in [0.25, 0.3) is 11.1 Å². The molecule has 0 aliphatic rings. The number of hydrogen-bond donors (Lipinski definition) is 2. The molecule has 0 fully saturated rings. The van der Waals surface area contributed by atoms with Crippen molar-refractivity contribution < 1.29 is 4.42 Å². The van der Waals surface area contributed by atoms with Crippen LogP contribution in [0.3, 0.4) is 0 Å². The lowest BCUT2D eigenvalue weighted by molar-refractivity contribution is 0.478. The number of nitrogens with two attached hydrogens (primary N) is 1. The minimum atomic E-state index is -0.366. The molecule has 0 aliphatic carbocycles. The Hall–Kier alpha value is -2.83. The molecule has 0 aliphatic heterocycles. The molecule has 3 N–H and O–H groups in total. The predicted molar refractivity (Wildman–Crippen MR) is 68.8 cm³/mol. The first kappa shape index (κ1) is 11.3. The monoisotopic (exact) mass is 258 g/mol. The van der Waals surface area contributed by atoms with E-state index in [1.54, 1.807) is 18.2 Å². The molecule has 0 atom stereocenters. The van der Waals surface area contributed by atoms with Crippen LogP contribution in [0, 0.1) is 0 Å². The van der Waals surface area contributed by atoms with E-state index in [1.165, 1.54) is 12.1 Å². The zero-order valence-corrected chi connectivity index (χ0v) is 9.79. The highest BCUT2D eigenvalue weighted by Crippen LogP contribution is 2.21. The van der Waals surface area contributed by atoms with Gasteiger partial charge in [0.2, 0.25) is 5.89 Å². The zero-order valence-electron chi connectivity index (χ0n) is 9.79. The molecule has 0 saturated carbocycles. The number of aromatic amines is 1. The van der Waals surface area contributed by atoms with Crippen LogP contribution < -0.4 is 16.9 Å². The van der Waals surface area contributed by atoms with Crippen LogP contribution in [-0.4, -0.2) is 14.8 Å². The topological polar surface area (TPSA) is 107 Å². The average molecular weight is 258 g/mol. The SMILES string of the molecule is Nc1cccc2oc(Cn3[nH]c(=O)ccc3=O)nc12. The Balaban J connectivity index is 2.06. The van der Waals surface area contributed by atoms with Crippen molar-refractivity contribution in [2.45, 2.75) is 6.54 Å². The molecule has 0 amide bonds. The number of nitrogens with zero attached hydrogens (tertiary/aromatic N) is 2. The Bertz CT molecular complexity index is 859. The summed E-state index contributed by atoms with van der Waals surface area (Å²) in [6.45, 7) is 0.0447. The molecule has 1 aromatic carbocycles. The molecule has 0 unspecified atom stereocenters. The molecule has 0 spiro atoms. The molecule has 96 valence electrons. The Morgan fingerprint density at radius 2 is 2.11 bits per heavy atom. The van der Waals surface area contributed by atoms with Crippen LogP contribution >= 0.6 is 0 Å². The van der Waals surface area contributed by atoms with Gasteiger partial charge in [-0.2, -0.15) is 0 Å². The summed E-state index contributed by atoms with van der Waals surface area (Å²) in [4.78, 5) is 26.9. The predicted octanol–water partition coefficient (Wildman–Crippen LogP) is 0.308. The Morgan fingerprint density at radius 3 is 2.89 bits per heavy atom. The molecule has 19 heavy (non-hydrogen) atoms. The van der Waals surface area contributed by atoms with Crippen LogP contribution in [0.15, 0.2) is 44.3 Å². The average Bonchev–Trinajstić information content (AvgIpc) is 2.78. The highest BCUT2D eigenvalue weighted by atomic mass is 16.3. The second kappa shape index (κ2) is 4.13. The largest absolute Gasteiger partial charge is 0.439 e. The van der Waals surface area contributed by atoms with Crippen molar-refractivity contribution in [3.05, 3.63) is 56.9 Å². The summed E-state index contributed by atoms with van der Waals surface area (Å²) in [5.41, 5.74) is 6.65. The van der Waals surface area contributed by atoms with Crippen LogP contribution in [-0.2, 0) is 6.54 Å². The quantitative estimate of drug-likeness (QED) is 0.643. The van der Waals surface area contributed by atoms with E-state index in [4.69, 9.17) is 10.2 Å². The molecular formula is C12H10N4O3. The minimum absolute atomic E-state index is 0.0447. The highest BCUT2D eigenvalue weighted by Gasteiger charge is 2.09. The van der Waals surface area contributed by atoms with Crippen LogP contribution in [0.1, 0.15) is 5.89 Å². The van der Waals surface area contributed by atoms with E-state index in [9.17, 15) is 9.59 Å². The van der Waals surface area contributed by atoms with Gasteiger partial charge in [0.15, 0.2) is 5.58 Å². The third kappa shape index (κ3) is 2.01. The number of anilines is 1. The van der Waals surface area contributed by atoms with Crippen LogP contribution in [0.5, 0.6) is 0 Å². The number of fused-ring (bicyclic) bond motifs is 1. The third-order valence-electron chi connectivity index (χ3n) is 2.68. The maximum absolute atomic E-state index is 11.6. The van der Waals surface area contributed by atoms with Gasteiger partial charge in [-0.1, -0.05) is 6.07 Å². The van der Waals surface area contributed by atoms with Crippen LogP contribution in [0.4, 0.5) is 5.69 Å². The minimum Gasteiger partial charge on any atom is -0.439 e. The van der Waals surface area contributed by atoms with Gasteiger partial charge in [0, 0.05) is 12.1 Å². The maximum Gasteiger partial charge on any atom is 0.265 e. The number of H-pyrrole nitrogens is 1. The first-order valence-electron chi connectivity index (χ1n) is 5.57. The fraction of sp³-hybridized carbons (Fsp3) is 0.0833. The number of hydrogen-bond acceptors (Lipinski definition) is 5. The summed E-state index contributed by atoms with van der Waals surface area (Å²) in [6.07, 6.45) is 0. The maximum atomic E-state index is 11.6. The molecule has 0 bridgehead atoms. The van der Waals surface area contributed by atoms with Crippen molar-refractivity contribution in [3.63, 3.8) is 0 Å². The summed E-state index contributed by atoms with van der Waals surface area (Å²) in [5.74, 6) is 0.303. The summed E-state index contributed by atoms with van der Waals surface area (Å²) in [6, 6.07) is 7.56. The zero-order chi connectivity index (χ0) is 13.4. The van der Waals surface area contributed by atoms with Crippen molar-refractivity contribution in [2.75, 3.05) is 5.73 Å². The lowest BCUT2D eigenvalue weighted by Gasteiger charge is -1.99.